The quantitative estimate of drug-likeness (QED) is 0.335. The van der Waals surface area contributed by atoms with Gasteiger partial charge in [-0.2, -0.15) is 0 Å². The lowest BCUT2D eigenvalue weighted by Gasteiger charge is -1.91. The molecule has 4 nitrogen and oxygen atoms in total. The van der Waals surface area contributed by atoms with Gasteiger partial charge in [-0.3, -0.25) is 9.97 Å². The highest BCUT2D eigenvalue weighted by Crippen LogP contribution is 2.09. The summed E-state index contributed by atoms with van der Waals surface area (Å²) in [5, 5.41) is 2.45. The van der Waals surface area contributed by atoms with Gasteiger partial charge in [-0.25, -0.2) is 9.97 Å². The number of rotatable bonds is 0. The normalized spacial score (nSPS) is 7.64. The van der Waals surface area contributed by atoms with E-state index in [2.05, 4.69) is 32.1 Å². The molecular weight excluding hydrogens is 344 g/mol. The molecule has 1 aromatic carbocycles. The Balaban J connectivity index is 0. The minimum Gasteiger partial charge on any atom is -0.265 e. The summed E-state index contributed by atoms with van der Waals surface area (Å²) in [6, 6.07) is 17.7. The Morgan fingerprint density at radius 1 is 0.429 bits per heavy atom. The highest BCUT2D eigenvalue weighted by atomic mass is 14.8. The van der Waals surface area contributed by atoms with Gasteiger partial charge in [-0.05, 0) is 35.0 Å². The molecule has 28 heavy (non-hydrogen) atoms. The summed E-state index contributed by atoms with van der Waals surface area (Å²) in [6.45, 7) is 12.0. The van der Waals surface area contributed by atoms with Crippen molar-refractivity contribution in [1.29, 1.82) is 0 Å². The van der Waals surface area contributed by atoms with E-state index in [9.17, 15) is 0 Å². The number of fused-ring (bicyclic) bond motifs is 1. The number of hydrogen-bond acceptors (Lipinski definition) is 4. The maximum absolute atomic E-state index is 4.01. The van der Waals surface area contributed by atoms with Gasteiger partial charge >= 0.3 is 0 Å². The molecule has 0 saturated carbocycles. The molecule has 3 heterocycles. The van der Waals surface area contributed by atoms with Gasteiger partial charge in [0.1, 0.15) is 6.33 Å². The smallest absolute Gasteiger partial charge is 0.115 e. The zero-order valence-electron chi connectivity index (χ0n) is 18.0. The molecule has 0 radical (unpaired) electrons. The number of nitrogens with zero attached hydrogens (tertiary/aromatic N) is 4. The Kier molecular flexibility index (Phi) is 23.1. The van der Waals surface area contributed by atoms with Crippen LogP contribution in [-0.2, 0) is 0 Å². The van der Waals surface area contributed by atoms with Crippen LogP contribution in [0.1, 0.15) is 41.5 Å². The van der Waals surface area contributed by atoms with E-state index >= 15 is 0 Å². The molecule has 0 atom stereocenters. The Morgan fingerprint density at radius 3 is 1.32 bits per heavy atom. The highest BCUT2D eigenvalue weighted by molar-refractivity contribution is 5.80. The van der Waals surface area contributed by atoms with E-state index in [4.69, 9.17) is 0 Å². The number of pyridine rings is 2. The van der Waals surface area contributed by atoms with Crippen LogP contribution in [0.25, 0.3) is 10.8 Å². The van der Waals surface area contributed by atoms with Crippen LogP contribution >= 0.6 is 0 Å². The van der Waals surface area contributed by atoms with E-state index in [1.165, 1.54) is 17.1 Å². The molecular formula is C24H34N4. The minimum atomic E-state index is 1.20. The largest absolute Gasteiger partial charge is 0.265 e. The second-order valence-electron chi connectivity index (χ2n) is 4.15. The van der Waals surface area contributed by atoms with E-state index < -0.39 is 0 Å². The molecule has 150 valence electrons. The van der Waals surface area contributed by atoms with Crippen molar-refractivity contribution in [3.8, 4) is 0 Å². The van der Waals surface area contributed by atoms with Crippen LogP contribution in [0.15, 0.2) is 98.1 Å². The van der Waals surface area contributed by atoms with E-state index in [-0.39, 0.29) is 0 Å². The molecule has 0 unspecified atom stereocenters. The standard InChI is InChI=1S/C9H7N.C5H5N.C4H4N2.3C2H6/c1-2-4-9-7-10-6-5-8(9)3-1;1-2-4-6-5-3-1;1-2-5-4-6-3-1;3*1-2/h1-7H;1-5H;1-4H;3*1-2H3. The van der Waals surface area contributed by atoms with Crippen LogP contribution < -0.4 is 0 Å². The Hall–Kier alpha value is -3.14. The second kappa shape index (κ2) is 23.9. The fourth-order valence-electron chi connectivity index (χ4n) is 1.59. The molecule has 4 rings (SSSR count). The van der Waals surface area contributed by atoms with Crippen molar-refractivity contribution in [2.24, 2.45) is 0 Å². The summed E-state index contributed by atoms with van der Waals surface area (Å²) in [7, 11) is 0. The number of hydrogen-bond donors (Lipinski definition) is 0. The molecule has 0 aliphatic heterocycles. The second-order valence-corrected chi connectivity index (χ2v) is 4.15. The van der Waals surface area contributed by atoms with Gasteiger partial charge in [0.15, 0.2) is 0 Å². The van der Waals surface area contributed by atoms with Crippen molar-refractivity contribution < 1.29 is 0 Å². The maximum Gasteiger partial charge on any atom is 0.115 e. The molecule has 0 N–H and O–H groups in total. The Morgan fingerprint density at radius 2 is 0.964 bits per heavy atom. The molecule has 0 fully saturated rings. The van der Waals surface area contributed by atoms with E-state index in [0.29, 0.717) is 0 Å². The number of aromatic nitrogens is 4. The zero-order valence-corrected chi connectivity index (χ0v) is 18.0. The molecule has 3 aromatic heterocycles. The van der Waals surface area contributed by atoms with Crippen LogP contribution in [0.3, 0.4) is 0 Å². The van der Waals surface area contributed by atoms with Crippen molar-refractivity contribution in [3.05, 3.63) is 98.1 Å². The lowest BCUT2D eigenvalue weighted by molar-refractivity contribution is 1.17. The molecule has 4 aromatic rings. The van der Waals surface area contributed by atoms with Crippen molar-refractivity contribution >= 4 is 10.8 Å². The van der Waals surface area contributed by atoms with E-state index in [1.807, 2.05) is 90.3 Å². The Bertz CT molecular complexity index is 597. The average molecular weight is 379 g/mol. The summed E-state index contributed by atoms with van der Waals surface area (Å²) in [5.74, 6) is 0. The highest BCUT2D eigenvalue weighted by Gasteiger charge is 1.86. The van der Waals surface area contributed by atoms with Gasteiger partial charge < -0.3 is 0 Å². The summed E-state index contributed by atoms with van der Waals surface area (Å²) in [4.78, 5) is 15.1. The zero-order chi connectivity index (χ0) is 21.3. The fourth-order valence-corrected chi connectivity index (χ4v) is 1.59. The third kappa shape index (κ3) is 15.1. The van der Waals surface area contributed by atoms with Crippen LogP contribution in [0.4, 0.5) is 0 Å². The lowest BCUT2D eigenvalue weighted by atomic mass is 10.2. The van der Waals surface area contributed by atoms with Crippen molar-refractivity contribution in [3.63, 3.8) is 0 Å². The molecule has 0 amide bonds. The maximum atomic E-state index is 4.01. The third-order valence-electron chi connectivity index (χ3n) is 2.59. The topological polar surface area (TPSA) is 51.6 Å². The van der Waals surface area contributed by atoms with E-state index in [0.717, 1.165) is 0 Å². The molecule has 0 aliphatic rings. The summed E-state index contributed by atoms with van der Waals surface area (Å²) in [5.41, 5.74) is 0. The molecule has 0 bridgehead atoms. The predicted molar refractivity (Wildman–Crippen MR) is 122 cm³/mol. The van der Waals surface area contributed by atoms with Gasteiger partial charge in [-0.1, -0.05) is 71.9 Å². The summed E-state index contributed by atoms with van der Waals surface area (Å²) in [6.07, 6.45) is 12.1. The first kappa shape index (κ1) is 27.1. The summed E-state index contributed by atoms with van der Waals surface area (Å²) < 4.78 is 0. The molecule has 0 aliphatic carbocycles. The fraction of sp³-hybridized carbons (Fsp3) is 0.250. The number of benzene rings is 1. The molecule has 0 saturated heterocycles. The van der Waals surface area contributed by atoms with Gasteiger partial charge in [0.05, 0.1) is 0 Å². The minimum absolute atomic E-state index is 1.20. The lowest BCUT2D eigenvalue weighted by Crippen LogP contribution is -1.71. The van der Waals surface area contributed by atoms with Crippen LogP contribution in [0, 0.1) is 0 Å². The molecule has 4 heteroatoms. The van der Waals surface area contributed by atoms with Crippen molar-refractivity contribution in [2.75, 3.05) is 0 Å². The van der Waals surface area contributed by atoms with Crippen LogP contribution in [-0.4, -0.2) is 19.9 Å². The van der Waals surface area contributed by atoms with Crippen molar-refractivity contribution in [1.82, 2.24) is 19.9 Å². The van der Waals surface area contributed by atoms with Gasteiger partial charge in [0.25, 0.3) is 0 Å². The van der Waals surface area contributed by atoms with Crippen molar-refractivity contribution in [2.45, 2.75) is 41.5 Å². The first-order valence-corrected chi connectivity index (χ1v) is 9.80. The Labute approximate surface area is 170 Å². The SMILES string of the molecule is CC.CC.CC.c1ccc2cnccc2c1.c1ccncc1.c1cncnc1. The average Bonchev–Trinajstić information content (AvgIpc) is 2.86. The predicted octanol–water partition coefficient (Wildman–Crippen LogP) is 6.87. The first-order valence-electron chi connectivity index (χ1n) is 9.80. The van der Waals surface area contributed by atoms with Gasteiger partial charge in [-0.15, -0.1) is 0 Å². The third-order valence-corrected chi connectivity index (χ3v) is 2.59. The van der Waals surface area contributed by atoms with Crippen LogP contribution in [0.2, 0.25) is 0 Å². The first-order chi connectivity index (χ1) is 14.0. The van der Waals surface area contributed by atoms with Gasteiger partial charge in [0.2, 0.25) is 0 Å². The monoisotopic (exact) mass is 378 g/mol. The van der Waals surface area contributed by atoms with Gasteiger partial charge in [0, 0.05) is 37.2 Å². The van der Waals surface area contributed by atoms with E-state index in [1.54, 1.807) is 30.9 Å². The van der Waals surface area contributed by atoms with Crippen LogP contribution in [0.5, 0.6) is 0 Å². The molecule has 0 spiro atoms. The summed E-state index contributed by atoms with van der Waals surface area (Å²) >= 11 is 0.